The number of benzene rings is 3. The first-order valence-electron chi connectivity index (χ1n) is 18.3. The van der Waals surface area contributed by atoms with Crippen molar-refractivity contribution >= 4 is 81.4 Å². The molecule has 3 aromatic carbocycles. The van der Waals surface area contributed by atoms with Gasteiger partial charge in [-0.1, -0.05) is 23.7 Å². The third kappa shape index (κ3) is 10.2. The summed E-state index contributed by atoms with van der Waals surface area (Å²) >= 11 is 7.30. The third-order valence-corrected chi connectivity index (χ3v) is 11.2. The van der Waals surface area contributed by atoms with E-state index in [0.717, 1.165) is 36.4 Å². The molecule has 4 amide bonds. The minimum absolute atomic E-state index is 0.0117. The molecule has 1 saturated heterocycles. The van der Waals surface area contributed by atoms with Crippen LogP contribution in [-0.4, -0.2) is 101 Å². The number of hydrogen-bond donors (Lipinski definition) is 4. The Morgan fingerprint density at radius 1 is 1.11 bits per heavy atom. The molecule has 0 spiro atoms. The molecule has 1 atom stereocenters. The Labute approximate surface area is 337 Å². The lowest BCUT2D eigenvalue weighted by Crippen LogP contribution is -2.45. The largest absolute Gasteiger partial charge is 0.494 e. The maximum atomic E-state index is 13.7. The highest BCUT2D eigenvalue weighted by molar-refractivity contribution is 8.00. The molecular weight excluding hydrogens is 775 g/mol. The van der Waals surface area contributed by atoms with Crippen molar-refractivity contribution < 1.29 is 33.1 Å². The van der Waals surface area contributed by atoms with Crippen molar-refractivity contribution in [2.24, 2.45) is 0 Å². The van der Waals surface area contributed by atoms with Crippen molar-refractivity contribution in [1.29, 1.82) is 0 Å². The zero-order valence-corrected chi connectivity index (χ0v) is 32.9. The van der Waals surface area contributed by atoms with E-state index in [-0.39, 0.29) is 59.8 Å². The summed E-state index contributed by atoms with van der Waals surface area (Å²) in [6, 6.07) is 12.3. The number of anilines is 3. The number of likely N-dealkylation sites (tertiary alicyclic amines) is 1. The summed E-state index contributed by atoms with van der Waals surface area (Å²) in [5.41, 5.74) is 2.79. The molecule has 2 aliphatic rings. The van der Waals surface area contributed by atoms with Crippen molar-refractivity contribution in [3.05, 3.63) is 89.0 Å². The molecule has 3 heterocycles. The van der Waals surface area contributed by atoms with Crippen molar-refractivity contribution in [3.63, 3.8) is 0 Å². The first kappa shape index (κ1) is 41.1. The number of aromatic nitrogens is 2. The Bertz CT molecular complexity index is 2200. The van der Waals surface area contributed by atoms with Crippen LogP contribution in [-0.2, 0) is 25.7 Å². The van der Waals surface area contributed by atoms with Gasteiger partial charge in [0.2, 0.25) is 17.7 Å². The average Bonchev–Trinajstić information content (AvgIpc) is 3.55. The maximum absolute atomic E-state index is 13.7. The molecule has 0 radical (unpaired) electrons. The number of carbonyl (C=O) groups excluding carboxylic acids is 5. The molecular formula is C40H42ClFN8O6S. The highest BCUT2D eigenvalue weighted by Gasteiger charge is 2.34. The van der Waals surface area contributed by atoms with Gasteiger partial charge in [-0.05, 0) is 61.2 Å². The number of fused-ring (bicyclic) bond motifs is 2. The molecule has 4 aromatic rings. The zero-order valence-electron chi connectivity index (χ0n) is 31.3. The molecule has 57 heavy (non-hydrogen) atoms. The van der Waals surface area contributed by atoms with Gasteiger partial charge in [0.1, 0.15) is 30.0 Å². The fourth-order valence-corrected chi connectivity index (χ4v) is 7.82. The highest BCUT2D eigenvalue weighted by atomic mass is 35.5. The summed E-state index contributed by atoms with van der Waals surface area (Å²) in [7, 11) is 3.02. The van der Waals surface area contributed by atoms with Crippen molar-refractivity contribution in [2.75, 3.05) is 50.2 Å². The van der Waals surface area contributed by atoms with E-state index in [1.807, 2.05) is 6.07 Å². The normalized spacial score (nSPS) is 15.0. The first-order valence-corrected chi connectivity index (χ1v) is 19.7. The lowest BCUT2D eigenvalue weighted by Gasteiger charge is -2.31. The molecule has 1 aromatic heterocycles. The maximum Gasteiger partial charge on any atom is 0.255 e. The Morgan fingerprint density at radius 3 is 2.65 bits per heavy atom. The smallest absolute Gasteiger partial charge is 0.255 e. The molecule has 0 bridgehead atoms. The number of hydrogen-bond acceptors (Lipinski definition) is 11. The number of carbonyl (C=O) groups is 5. The number of thioether (sulfide) groups is 1. The van der Waals surface area contributed by atoms with E-state index in [1.54, 1.807) is 30.3 Å². The Hall–Kier alpha value is -5.58. The number of amides is 4. The molecule has 298 valence electrons. The molecule has 1 fully saturated rings. The minimum atomic E-state index is -0.715. The number of ether oxygens (including phenoxy) is 1. The first-order chi connectivity index (χ1) is 27.6. The van der Waals surface area contributed by atoms with Crippen LogP contribution in [0.15, 0.2) is 71.9 Å². The molecule has 17 heteroatoms. The fourth-order valence-electron chi connectivity index (χ4n) is 6.75. The highest BCUT2D eigenvalue weighted by Crippen LogP contribution is 2.35. The third-order valence-electron chi connectivity index (χ3n) is 9.80. The van der Waals surface area contributed by atoms with Gasteiger partial charge in [0, 0.05) is 79.4 Å². The van der Waals surface area contributed by atoms with Gasteiger partial charge in [0.25, 0.3) is 5.91 Å². The quantitative estimate of drug-likeness (QED) is 0.0674. The van der Waals surface area contributed by atoms with Gasteiger partial charge >= 0.3 is 0 Å². The lowest BCUT2D eigenvalue weighted by atomic mass is 10.1. The van der Waals surface area contributed by atoms with Crippen molar-refractivity contribution in [2.45, 2.75) is 49.2 Å². The van der Waals surface area contributed by atoms with Crippen LogP contribution in [0, 0.1) is 5.82 Å². The molecule has 2 aliphatic heterocycles. The number of halogens is 2. The van der Waals surface area contributed by atoms with Gasteiger partial charge in [-0.3, -0.25) is 24.1 Å². The second-order valence-electron chi connectivity index (χ2n) is 13.5. The van der Waals surface area contributed by atoms with Gasteiger partial charge in [0.15, 0.2) is 0 Å². The van der Waals surface area contributed by atoms with E-state index in [2.05, 4.69) is 36.1 Å². The summed E-state index contributed by atoms with van der Waals surface area (Å²) in [5, 5.41) is 12.2. The Kier molecular flexibility index (Phi) is 13.7. The van der Waals surface area contributed by atoms with Crippen LogP contribution in [0.4, 0.5) is 21.6 Å². The Morgan fingerprint density at radius 2 is 1.91 bits per heavy atom. The van der Waals surface area contributed by atoms with E-state index < -0.39 is 11.9 Å². The second-order valence-corrected chi connectivity index (χ2v) is 14.9. The topological polar surface area (TPSA) is 175 Å². The number of methoxy groups -OCH3 is 1. The van der Waals surface area contributed by atoms with Crippen LogP contribution in [0.2, 0.25) is 5.02 Å². The van der Waals surface area contributed by atoms with Crippen molar-refractivity contribution in [1.82, 2.24) is 30.4 Å². The van der Waals surface area contributed by atoms with Gasteiger partial charge < -0.3 is 35.7 Å². The van der Waals surface area contributed by atoms with E-state index >= 15 is 0 Å². The van der Waals surface area contributed by atoms with Crippen LogP contribution in [0.5, 0.6) is 5.75 Å². The van der Waals surface area contributed by atoms with E-state index in [9.17, 15) is 28.4 Å². The number of piperidine rings is 1. The molecule has 14 nitrogen and oxygen atoms in total. The molecule has 4 N–H and O–H groups in total. The van der Waals surface area contributed by atoms with Crippen LogP contribution >= 0.6 is 23.4 Å². The minimum Gasteiger partial charge on any atom is -0.494 e. The van der Waals surface area contributed by atoms with Crippen molar-refractivity contribution in [3.8, 4) is 5.75 Å². The van der Waals surface area contributed by atoms with E-state index in [1.165, 1.54) is 61.4 Å². The predicted molar refractivity (Wildman–Crippen MR) is 216 cm³/mol. The van der Waals surface area contributed by atoms with Gasteiger partial charge in [-0.2, -0.15) is 0 Å². The second kappa shape index (κ2) is 19.0. The van der Waals surface area contributed by atoms with Crippen LogP contribution in [0.3, 0.4) is 0 Å². The average molecular weight is 817 g/mol. The molecule has 0 saturated carbocycles. The van der Waals surface area contributed by atoms with Crippen LogP contribution < -0.4 is 26.0 Å². The SMILES string of the molecule is CNC(=O)CCC(C=O)N1Cc2c(SCC(=O)NC3CCN(C/C=C/C(=O)Nc4cc5c(Nc6ccc(F)c(Cl)c6)ncnc5cc4OC)CC3)cccc2C1=O. The predicted octanol–water partition coefficient (Wildman–Crippen LogP) is 5.09. The summed E-state index contributed by atoms with van der Waals surface area (Å²) < 4.78 is 19.2. The van der Waals surface area contributed by atoms with E-state index in [0.29, 0.717) is 52.2 Å². The fraction of sp³-hybridized carbons (Fsp3) is 0.325. The summed E-state index contributed by atoms with van der Waals surface area (Å²) in [6.07, 6.45) is 7.21. The summed E-state index contributed by atoms with van der Waals surface area (Å²) in [6.45, 7) is 2.26. The van der Waals surface area contributed by atoms with E-state index in [4.69, 9.17) is 16.3 Å². The summed E-state index contributed by atoms with van der Waals surface area (Å²) in [5.74, 6) is -0.438. The molecule has 6 rings (SSSR count). The zero-order chi connectivity index (χ0) is 40.5. The summed E-state index contributed by atoms with van der Waals surface area (Å²) in [4.78, 5) is 75.8. The standard InChI is InChI=1S/C40H42ClFN8O6S/c1-43-36(52)11-9-26(21-51)50-20-29-27(40(50)55)5-3-6-35(29)57-22-38(54)46-24-12-15-49(16-13-24)14-4-7-37(53)48-33-18-28-32(19-34(33)56-2)44-23-45-39(28)47-25-8-10-31(42)30(41)17-25/h3-8,10,17-19,21,23-24,26H,9,11-16,20,22H2,1-2H3,(H,43,52)(H,46,54)(H,48,53)(H,44,45,47)/b7-4+. The number of nitrogens with one attached hydrogen (secondary N) is 4. The number of aldehydes is 1. The van der Waals surface area contributed by atoms with Gasteiger partial charge in [-0.25, -0.2) is 14.4 Å². The van der Waals surface area contributed by atoms with Gasteiger partial charge in [0.05, 0.1) is 35.1 Å². The number of rotatable bonds is 16. The van der Waals surface area contributed by atoms with Crippen LogP contribution in [0.1, 0.15) is 41.6 Å². The monoisotopic (exact) mass is 816 g/mol. The number of nitrogens with zero attached hydrogens (tertiary/aromatic N) is 4. The Balaban J connectivity index is 0.960. The van der Waals surface area contributed by atoms with Gasteiger partial charge in [-0.15, -0.1) is 11.8 Å². The van der Waals surface area contributed by atoms with Crippen LogP contribution in [0.25, 0.3) is 10.9 Å². The lowest BCUT2D eigenvalue weighted by molar-refractivity contribution is -0.121. The molecule has 0 aliphatic carbocycles. The molecule has 1 unspecified atom stereocenters.